The normalized spacial score (nSPS) is 16.7. The summed E-state index contributed by atoms with van der Waals surface area (Å²) in [5.41, 5.74) is 0.889. The van der Waals surface area contributed by atoms with Gasteiger partial charge in [-0.25, -0.2) is 4.57 Å². The Kier molecular flexibility index (Phi) is 5.72. The average molecular weight is 351 g/mol. The number of carbonyl (C=O) groups excluding carboxylic acids is 1. The molecule has 0 amide bonds. The molecule has 0 radical (unpaired) electrons. The molecule has 0 bridgehead atoms. The van der Waals surface area contributed by atoms with Crippen LogP contribution < -0.4 is 0 Å². The Morgan fingerprint density at radius 1 is 1.21 bits per heavy atom. The number of Topliss-reactive ketones (excluding diaryl/α,β-unsaturated/α-hetero) is 1. The van der Waals surface area contributed by atoms with Crippen LogP contribution >= 0.6 is 7.75 Å². The summed E-state index contributed by atoms with van der Waals surface area (Å²) in [6, 6.07) is 6.73. The highest BCUT2D eigenvalue weighted by atomic mass is 31.2. The van der Waals surface area contributed by atoms with E-state index < -0.39 is 7.75 Å². The number of aliphatic hydroxyl groups is 1. The number of aliphatic hydroxyl groups excluding tert-OH is 1. The van der Waals surface area contributed by atoms with Crippen LogP contribution in [-0.4, -0.2) is 31.5 Å². The second-order valence-corrected chi connectivity index (χ2v) is 6.65. The van der Waals surface area contributed by atoms with Crippen molar-refractivity contribution in [3.63, 3.8) is 0 Å². The van der Waals surface area contributed by atoms with Crippen LogP contribution in [0.15, 0.2) is 52.5 Å². The van der Waals surface area contributed by atoms with Gasteiger partial charge in [0.25, 0.3) is 0 Å². The number of aryl methyl sites for hydroxylation is 1. The first kappa shape index (κ1) is 18.1. The summed E-state index contributed by atoms with van der Waals surface area (Å²) in [5.74, 6) is -0.255. The third-order valence-electron chi connectivity index (χ3n) is 3.43. The second kappa shape index (κ2) is 7.57. The lowest BCUT2D eigenvalue weighted by Crippen LogP contribution is -2.16. The first-order chi connectivity index (χ1) is 11.2. The Morgan fingerprint density at radius 3 is 2.62 bits per heavy atom. The molecular formula is C16H18NO6P. The molecule has 2 rings (SSSR count). The van der Waals surface area contributed by atoms with Crippen molar-refractivity contribution in [1.29, 1.82) is 0 Å². The molecule has 0 unspecified atom stereocenters. The van der Waals surface area contributed by atoms with Crippen molar-refractivity contribution >= 4 is 19.2 Å². The van der Waals surface area contributed by atoms with Crippen LogP contribution in [0.2, 0.25) is 0 Å². The van der Waals surface area contributed by atoms with Crippen molar-refractivity contribution in [2.45, 2.75) is 25.7 Å². The SMILES string of the molecule is O=C(CCCc1cccc(O)c1)C1=CC=C(O)CC1=NP(=O)(O)O. The van der Waals surface area contributed by atoms with Crippen LogP contribution in [0.25, 0.3) is 0 Å². The monoisotopic (exact) mass is 351 g/mol. The number of allylic oxidation sites excluding steroid dienone is 4. The Bertz CT molecular complexity index is 775. The fourth-order valence-electron chi connectivity index (χ4n) is 2.40. The van der Waals surface area contributed by atoms with Crippen LogP contribution in [-0.2, 0) is 15.8 Å². The van der Waals surface area contributed by atoms with Gasteiger partial charge in [-0.15, -0.1) is 0 Å². The van der Waals surface area contributed by atoms with E-state index in [2.05, 4.69) is 4.76 Å². The van der Waals surface area contributed by atoms with Gasteiger partial charge in [0, 0.05) is 18.4 Å². The van der Waals surface area contributed by atoms with E-state index in [4.69, 9.17) is 9.79 Å². The topological polar surface area (TPSA) is 127 Å². The maximum atomic E-state index is 12.3. The number of carbonyl (C=O) groups is 1. The van der Waals surface area contributed by atoms with Crippen molar-refractivity contribution in [3.05, 3.63) is 53.3 Å². The molecule has 24 heavy (non-hydrogen) atoms. The van der Waals surface area contributed by atoms with Crippen LogP contribution in [0.5, 0.6) is 5.75 Å². The highest BCUT2D eigenvalue weighted by molar-refractivity contribution is 7.50. The Labute approximate surface area is 138 Å². The zero-order chi connectivity index (χ0) is 17.7. The number of hydrogen-bond donors (Lipinski definition) is 4. The van der Waals surface area contributed by atoms with Crippen molar-refractivity contribution in [2.24, 2.45) is 4.76 Å². The number of phenolic OH excluding ortho intramolecular Hbond substituents is 1. The van der Waals surface area contributed by atoms with Gasteiger partial charge in [-0.3, -0.25) is 4.79 Å². The van der Waals surface area contributed by atoms with Crippen molar-refractivity contribution in [3.8, 4) is 5.75 Å². The van der Waals surface area contributed by atoms with Gasteiger partial charge < -0.3 is 20.0 Å². The minimum absolute atomic E-state index is 0.104. The van der Waals surface area contributed by atoms with Gasteiger partial charge in [0.05, 0.1) is 11.5 Å². The van der Waals surface area contributed by atoms with Gasteiger partial charge in [0.2, 0.25) is 0 Å². The second-order valence-electron chi connectivity index (χ2n) is 5.42. The number of rotatable bonds is 6. The zero-order valence-electron chi connectivity index (χ0n) is 12.8. The van der Waals surface area contributed by atoms with Crippen LogP contribution in [0.1, 0.15) is 24.8 Å². The largest absolute Gasteiger partial charge is 0.512 e. The highest BCUT2D eigenvalue weighted by Gasteiger charge is 2.23. The first-order valence-corrected chi connectivity index (χ1v) is 8.87. The third-order valence-corrected chi connectivity index (χ3v) is 3.94. The van der Waals surface area contributed by atoms with E-state index in [9.17, 15) is 19.6 Å². The minimum atomic E-state index is -4.69. The molecule has 128 valence electrons. The number of hydrogen-bond acceptors (Lipinski definition) is 4. The number of benzene rings is 1. The smallest absolute Gasteiger partial charge is 0.448 e. The van der Waals surface area contributed by atoms with E-state index in [1.807, 2.05) is 6.07 Å². The summed E-state index contributed by atoms with van der Waals surface area (Å²) in [6.45, 7) is 0. The van der Waals surface area contributed by atoms with E-state index in [-0.39, 0.29) is 41.4 Å². The molecule has 1 aliphatic rings. The molecule has 0 aromatic heterocycles. The lowest BCUT2D eigenvalue weighted by Gasteiger charge is -2.14. The molecule has 0 heterocycles. The fraction of sp³-hybridized carbons (Fsp3) is 0.250. The summed E-state index contributed by atoms with van der Waals surface area (Å²) < 4.78 is 14.3. The summed E-state index contributed by atoms with van der Waals surface area (Å²) in [6.07, 6.45) is 3.72. The molecule has 0 aliphatic heterocycles. The molecule has 1 aliphatic carbocycles. The molecule has 1 aromatic carbocycles. The van der Waals surface area contributed by atoms with Crippen LogP contribution in [0.3, 0.4) is 0 Å². The van der Waals surface area contributed by atoms with Gasteiger partial charge in [0.1, 0.15) is 5.75 Å². The van der Waals surface area contributed by atoms with Crippen LogP contribution in [0, 0.1) is 0 Å². The number of ketones is 1. The molecule has 4 N–H and O–H groups in total. The van der Waals surface area contributed by atoms with Gasteiger partial charge in [-0.2, -0.15) is 4.76 Å². The van der Waals surface area contributed by atoms with Crippen molar-refractivity contribution in [2.75, 3.05) is 0 Å². The molecule has 0 saturated heterocycles. The maximum absolute atomic E-state index is 12.3. The Hall–Kier alpha value is -2.21. The zero-order valence-corrected chi connectivity index (χ0v) is 13.7. The lowest BCUT2D eigenvalue weighted by molar-refractivity contribution is -0.115. The molecule has 0 atom stereocenters. The fourth-order valence-corrected chi connectivity index (χ4v) is 2.89. The van der Waals surface area contributed by atoms with Crippen molar-refractivity contribution in [1.82, 2.24) is 0 Å². The Balaban J connectivity index is 2.04. The van der Waals surface area contributed by atoms with E-state index in [0.717, 1.165) is 5.56 Å². The molecule has 7 nitrogen and oxygen atoms in total. The molecule has 1 aromatic rings. The van der Waals surface area contributed by atoms with Gasteiger partial charge in [-0.05, 0) is 42.7 Å². The van der Waals surface area contributed by atoms with Gasteiger partial charge in [0.15, 0.2) is 5.78 Å². The third kappa shape index (κ3) is 5.45. The summed E-state index contributed by atoms with van der Waals surface area (Å²) in [7, 11) is -4.69. The lowest BCUT2D eigenvalue weighted by atomic mass is 9.94. The van der Waals surface area contributed by atoms with E-state index in [1.165, 1.54) is 12.2 Å². The quantitative estimate of drug-likeness (QED) is 0.583. The summed E-state index contributed by atoms with van der Waals surface area (Å²) in [4.78, 5) is 30.2. The summed E-state index contributed by atoms with van der Waals surface area (Å²) in [5, 5.41) is 18.9. The predicted molar refractivity (Wildman–Crippen MR) is 88.9 cm³/mol. The minimum Gasteiger partial charge on any atom is -0.512 e. The first-order valence-electron chi connectivity index (χ1n) is 7.30. The van der Waals surface area contributed by atoms with E-state index in [0.29, 0.717) is 12.8 Å². The maximum Gasteiger partial charge on any atom is 0.448 e. The molecule has 0 saturated carbocycles. The van der Waals surface area contributed by atoms with Gasteiger partial charge in [-0.1, -0.05) is 12.1 Å². The highest BCUT2D eigenvalue weighted by Crippen LogP contribution is 2.38. The van der Waals surface area contributed by atoms with Gasteiger partial charge >= 0.3 is 7.75 Å². The molecule has 0 fully saturated rings. The standard InChI is InChI=1S/C16H18NO6P/c18-12-5-1-3-11(9-12)4-2-6-16(20)14-8-7-13(19)10-15(14)17-24(21,22)23/h1,3,5,7-9,18-19H,2,4,6,10H2,(H2,21,22,23). The van der Waals surface area contributed by atoms with Crippen LogP contribution in [0.4, 0.5) is 0 Å². The average Bonchev–Trinajstić information content (AvgIpc) is 2.45. The Morgan fingerprint density at radius 2 is 1.96 bits per heavy atom. The number of nitrogens with zero attached hydrogens (tertiary/aromatic N) is 1. The number of phenols is 1. The van der Waals surface area contributed by atoms with E-state index >= 15 is 0 Å². The number of aromatic hydroxyl groups is 1. The summed E-state index contributed by atoms with van der Waals surface area (Å²) >= 11 is 0. The molecule has 0 spiro atoms. The van der Waals surface area contributed by atoms with Crippen molar-refractivity contribution < 1.29 is 29.4 Å². The molecular weight excluding hydrogens is 333 g/mol. The predicted octanol–water partition coefficient (Wildman–Crippen LogP) is 2.59. The molecule has 8 heteroatoms. The van der Waals surface area contributed by atoms with E-state index in [1.54, 1.807) is 18.2 Å².